The van der Waals surface area contributed by atoms with Crippen molar-refractivity contribution in [2.24, 2.45) is 0 Å². The molecule has 2 aromatic carbocycles. The van der Waals surface area contributed by atoms with Crippen LogP contribution in [0.4, 0.5) is 11.5 Å². The van der Waals surface area contributed by atoms with Gasteiger partial charge in [0.25, 0.3) is 10.0 Å². The Morgan fingerprint density at radius 2 is 1.62 bits per heavy atom. The van der Waals surface area contributed by atoms with Crippen molar-refractivity contribution in [3.63, 3.8) is 0 Å². The van der Waals surface area contributed by atoms with Crippen molar-refractivity contribution in [3.8, 4) is 5.75 Å². The summed E-state index contributed by atoms with van der Waals surface area (Å²) in [6.07, 6.45) is 0.0262. The van der Waals surface area contributed by atoms with Crippen LogP contribution in [0.3, 0.4) is 0 Å². The first-order valence-corrected chi connectivity index (χ1v) is 11.2. The molecular formula is C21H19ClN4O5S. The lowest BCUT2D eigenvalue weighted by molar-refractivity contribution is -0.116. The van der Waals surface area contributed by atoms with E-state index in [1.165, 1.54) is 43.5 Å². The molecule has 166 valence electrons. The molecule has 0 aliphatic rings. The standard InChI is InChI=1S/C21H19ClN4O5S/c1-31-16-6-2-14(3-7-16)18(27)10-13-21(28)23-15-4-8-17(9-5-15)32(29,30)26-20-12-11-19(22)24-25-20/h2-9,11-12H,10,13H2,1H3,(H,23,28)(H,25,26). The number of hydrogen-bond donors (Lipinski definition) is 2. The summed E-state index contributed by atoms with van der Waals surface area (Å²) in [6, 6.07) is 15.0. The number of carbonyl (C=O) groups is 2. The molecule has 1 aromatic heterocycles. The molecule has 2 N–H and O–H groups in total. The van der Waals surface area contributed by atoms with E-state index in [1.807, 2.05) is 0 Å². The zero-order valence-electron chi connectivity index (χ0n) is 16.9. The number of methoxy groups -OCH3 is 1. The van der Waals surface area contributed by atoms with E-state index in [4.69, 9.17) is 16.3 Å². The molecule has 9 nitrogen and oxygen atoms in total. The Labute approximate surface area is 189 Å². The van der Waals surface area contributed by atoms with Crippen LogP contribution < -0.4 is 14.8 Å². The van der Waals surface area contributed by atoms with Gasteiger partial charge in [0.2, 0.25) is 5.91 Å². The first kappa shape index (κ1) is 23.2. The number of Topliss-reactive ketones (excluding diaryl/α,β-unsaturated/α-hetero) is 1. The number of nitrogens with one attached hydrogen (secondary N) is 2. The number of hydrogen-bond acceptors (Lipinski definition) is 7. The van der Waals surface area contributed by atoms with Gasteiger partial charge in [0, 0.05) is 24.1 Å². The highest BCUT2D eigenvalue weighted by Crippen LogP contribution is 2.18. The van der Waals surface area contributed by atoms with Gasteiger partial charge in [0.1, 0.15) is 5.75 Å². The van der Waals surface area contributed by atoms with Crippen LogP contribution in [0.25, 0.3) is 0 Å². The summed E-state index contributed by atoms with van der Waals surface area (Å²) < 4.78 is 32.2. The minimum absolute atomic E-state index is 0.0122. The molecule has 11 heteroatoms. The van der Waals surface area contributed by atoms with Crippen LogP contribution >= 0.6 is 11.6 Å². The molecule has 0 unspecified atom stereocenters. The number of aromatic nitrogens is 2. The number of ether oxygens (including phenoxy) is 1. The second-order valence-corrected chi connectivity index (χ2v) is 8.64. The number of anilines is 2. The summed E-state index contributed by atoms with van der Waals surface area (Å²) in [5, 5.41) is 10.00. The third-order valence-electron chi connectivity index (χ3n) is 4.31. The van der Waals surface area contributed by atoms with Gasteiger partial charge in [-0.2, -0.15) is 0 Å². The van der Waals surface area contributed by atoms with Gasteiger partial charge in [-0.3, -0.25) is 14.3 Å². The molecule has 3 rings (SSSR count). The molecule has 3 aromatic rings. The molecule has 0 aliphatic heterocycles. The first-order valence-electron chi connectivity index (χ1n) is 9.36. The fourth-order valence-electron chi connectivity index (χ4n) is 2.66. The molecule has 1 amide bonds. The lowest BCUT2D eigenvalue weighted by Crippen LogP contribution is -2.15. The number of rotatable bonds is 9. The summed E-state index contributed by atoms with van der Waals surface area (Å²) in [5.41, 5.74) is 0.892. The smallest absolute Gasteiger partial charge is 0.263 e. The predicted molar refractivity (Wildman–Crippen MR) is 119 cm³/mol. The van der Waals surface area contributed by atoms with Crippen LogP contribution in [-0.2, 0) is 14.8 Å². The second kappa shape index (κ2) is 10.2. The maximum absolute atomic E-state index is 12.4. The molecular weight excluding hydrogens is 456 g/mol. The van der Waals surface area contributed by atoms with Crippen LogP contribution in [0.15, 0.2) is 65.6 Å². The number of ketones is 1. The van der Waals surface area contributed by atoms with Crippen LogP contribution in [0.5, 0.6) is 5.75 Å². The van der Waals surface area contributed by atoms with E-state index in [0.29, 0.717) is 17.0 Å². The van der Waals surface area contributed by atoms with E-state index in [9.17, 15) is 18.0 Å². The van der Waals surface area contributed by atoms with Crippen molar-refractivity contribution in [2.75, 3.05) is 17.1 Å². The highest BCUT2D eigenvalue weighted by Gasteiger charge is 2.16. The normalized spacial score (nSPS) is 10.9. The molecule has 0 aliphatic carbocycles. The fourth-order valence-corrected chi connectivity index (χ4v) is 3.75. The predicted octanol–water partition coefficient (Wildman–Crippen LogP) is 3.54. The largest absolute Gasteiger partial charge is 0.497 e. The number of carbonyl (C=O) groups excluding carboxylic acids is 2. The first-order chi connectivity index (χ1) is 15.3. The molecule has 0 fully saturated rings. The molecule has 0 radical (unpaired) electrons. The highest BCUT2D eigenvalue weighted by molar-refractivity contribution is 7.92. The van der Waals surface area contributed by atoms with E-state index >= 15 is 0 Å². The van der Waals surface area contributed by atoms with Crippen LogP contribution in [0.1, 0.15) is 23.2 Å². The monoisotopic (exact) mass is 474 g/mol. The number of nitrogens with zero attached hydrogens (tertiary/aromatic N) is 2. The summed E-state index contributed by atoms with van der Waals surface area (Å²) in [5.74, 6) is 0.131. The van der Waals surface area contributed by atoms with Gasteiger partial charge in [-0.05, 0) is 60.7 Å². The number of sulfonamides is 1. The number of amides is 1. The van der Waals surface area contributed by atoms with Gasteiger partial charge >= 0.3 is 0 Å². The van der Waals surface area contributed by atoms with Crippen molar-refractivity contribution in [3.05, 3.63) is 71.4 Å². The van der Waals surface area contributed by atoms with Crippen molar-refractivity contribution >= 4 is 44.8 Å². The highest BCUT2D eigenvalue weighted by atomic mass is 35.5. The Hall–Kier alpha value is -3.50. The van der Waals surface area contributed by atoms with E-state index in [2.05, 4.69) is 20.2 Å². The number of benzene rings is 2. The third kappa shape index (κ3) is 6.25. The Balaban J connectivity index is 1.54. The molecule has 32 heavy (non-hydrogen) atoms. The Morgan fingerprint density at radius 1 is 0.938 bits per heavy atom. The van der Waals surface area contributed by atoms with Gasteiger partial charge in [0.15, 0.2) is 16.8 Å². The molecule has 0 spiro atoms. The molecule has 0 atom stereocenters. The summed E-state index contributed by atoms with van der Waals surface area (Å²) in [7, 11) is -2.35. The molecule has 0 saturated carbocycles. The van der Waals surface area contributed by atoms with Gasteiger partial charge < -0.3 is 10.1 Å². The van der Waals surface area contributed by atoms with E-state index in [0.717, 1.165) is 0 Å². The van der Waals surface area contributed by atoms with Crippen LogP contribution in [0, 0.1) is 0 Å². The zero-order chi connectivity index (χ0) is 23.1. The number of halogens is 1. The van der Waals surface area contributed by atoms with Gasteiger partial charge in [-0.1, -0.05) is 11.6 Å². The third-order valence-corrected chi connectivity index (χ3v) is 5.88. The summed E-state index contributed by atoms with van der Waals surface area (Å²) in [6.45, 7) is 0. The van der Waals surface area contributed by atoms with E-state index < -0.39 is 10.0 Å². The maximum Gasteiger partial charge on any atom is 0.263 e. The topological polar surface area (TPSA) is 127 Å². The average molecular weight is 475 g/mol. The van der Waals surface area contributed by atoms with E-state index in [-0.39, 0.29) is 40.4 Å². The summed E-state index contributed by atoms with van der Waals surface area (Å²) >= 11 is 5.63. The van der Waals surface area contributed by atoms with Crippen molar-refractivity contribution in [1.29, 1.82) is 0 Å². The minimum Gasteiger partial charge on any atom is -0.497 e. The average Bonchev–Trinajstić information content (AvgIpc) is 2.79. The SMILES string of the molecule is COc1ccc(C(=O)CCC(=O)Nc2ccc(S(=O)(=O)Nc3ccc(Cl)nn3)cc2)cc1. The van der Waals surface area contributed by atoms with E-state index in [1.54, 1.807) is 24.3 Å². The Kier molecular flexibility index (Phi) is 7.39. The van der Waals surface area contributed by atoms with Crippen LogP contribution in [0.2, 0.25) is 5.15 Å². The second-order valence-electron chi connectivity index (χ2n) is 6.57. The molecule has 0 bridgehead atoms. The Bertz CT molecular complexity index is 1200. The summed E-state index contributed by atoms with van der Waals surface area (Å²) in [4.78, 5) is 24.3. The maximum atomic E-state index is 12.4. The lowest BCUT2D eigenvalue weighted by Gasteiger charge is -2.09. The molecule has 1 heterocycles. The Morgan fingerprint density at radius 3 is 2.22 bits per heavy atom. The van der Waals surface area contributed by atoms with Crippen LogP contribution in [-0.4, -0.2) is 37.4 Å². The van der Waals surface area contributed by atoms with Gasteiger partial charge in [-0.15, -0.1) is 10.2 Å². The minimum atomic E-state index is -3.89. The van der Waals surface area contributed by atoms with Crippen molar-refractivity contribution in [2.45, 2.75) is 17.7 Å². The van der Waals surface area contributed by atoms with Gasteiger partial charge in [-0.25, -0.2) is 8.42 Å². The van der Waals surface area contributed by atoms with Crippen molar-refractivity contribution < 1.29 is 22.7 Å². The van der Waals surface area contributed by atoms with Gasteiger partial charge in [0.05, 0.1) is 12.0 Å². The quantitative estimate of drug-likeness (QED) is 0.454. The molecule has 0 saturated heterocycles. The zero-order valence-corrected chi connectivity index (χ0v) is 18.5. The fraction of sp³-hybridized carbons (Fsp3) is 0.143. The van der Waals surface area contributed by atoms with Crippen molar-refractivity contribution in [1.82, 2.24) is 10.2 Å². The lowest BCUT2D eigenvalue weighted by atomic mass is 10.1.